The highest BCUT2D eigenvalue weighted by molar-refractivity contribution is 6.89. The van der Waals surface area contributed by atoms with E-state index in [0.29, 0.717) is 0 Å². The van der Waals surface area contributed by atoms with E-state index >= 15 is 0 Å². The minimum absolute atomic E-state index is 0.0437. The summed E-state index contributed by atoms with van der Waals surface area (Å²) in [7, 11) is -1.44. The third-order valence-corrected chi connectivity index (χ3v) is 5.32. The van der Waals surface area contributed by atoms with Gasteiger partial charge in [0.1, 0.15) is 0 Å². The molecule has 0 bridgehead atoms. The summed E-state index contributed by atoms with van der Waals surface area (Å²) in [5.41, 5.74) is 2.33. The van der Waals surface area contributed by atoms with E-state index in [2.05, 4.69) is 63.7 Å². The monoisotopic (exact) mass is 284 g/mol. The van der Waals surface area contributed by atoms with Crippen molar-refractivity contribution in [3.8, 4) is 11.4 Å². The first-order chi connectivity index (χ1) is 9.19. The van der Waals surface area contributed by atoms with Crippen LogP contribution in [0.25, 0.3) is 11.4 Å². The number of aromatic nitrogens is 2. The Hall–Kier alpha value is -1.48. The lowest BCUT2D eigenvalue weighted by Gasteiger charge is -2.27. The van der Waals surface area contributed by atoms with Gasteiger partial charge in [-0.15, -0.1) is 0 Å². The number of hydrogen-bond acceptors (Lipinski definition) is 2. The molecule has 0 radical (unpaired) electrons. The minimum Gasteiger partial charge on any atom is -0.237 e. The second-order valence-corrected chi connectivity index (χ2v) is 12.4. The van der Waals surface area contributed by atoms with Gasteiger partial charge in [-0.25, -0.2) is 9.97 Å². The standard InChI is InChI=1S/C17H24N2Si/c1-17(2,3)15-14(20(4,5)6)12-18-16(19-15)13-10-8-7-9-11-13/h7-12H,1-6H3. The number of benzene rings is 1. The molecule has 0 aliphatic carbocycles. The van der Waals surface area contributed by atoms with E-state index in [0.717, 1.165) is 11.4 Å². The molecule has 1 heterocycles. The molecule has 3 heteroatoms. The van der Waals surface area contributed by atoms with Crippen molar-refractivity contribution in [2.75, 3.05) is 0 Å². The lowest BCUT2D eigenvalue weighted by molar-refractivity contribution is 0.572. The molecule has 0 aliphatic heterocycles. The molecule has 0 saturated heterocycles. The minimum atomic E-state index is -1.44. The second-order valence-electron chi connectivity index (χ2n) is 7.32. The smallest absolute Gasteiger partial charge is 0.159 e. The highest BCUT2D eigenvalue weighted by Crippen LogP contribution is 2.23. The number of rotatable bonds is 2. The largest absolute Gasteiger partial charge is 0.237 e. The van der Waals surface area contributed by atoms with E-state index in [1.54, 1.807) is 0 Å². The van der Waals surface area contributed by atoms with Crippen LogP contribution in [-0.4, -0.2) is 18.0 Å². The predicted molar refractivity (Wildman–Crippen MR) is 89.1 cm³/mol. The molecule has 0 N–H and O–H groups in total. The van der Waals surface area contributed by atoms with Crippen LogP contribution in [0.4, 0.5) is 0 Å². The van der Waals surface area contributed by atoms with E-state index in [9.17, 15) is 0 Å². The summed E-state index contributed by atoms with van der Waals surface area (Å²) in [6.45, 7) is 13.7. The van der Waals surface area contributed by atoms with Crippen molar-refractivity contribution in [3.05, 3.63) is 42.2 Å². The van der Waals surface area contributed by atoms with Gasteiger partial charge >= 0.3 is 0 Å². The molecule has 2 nitrogen and oxygen atoms in total. The molecule has 0 unspecified atom stereocenters. The Morgan fingerprint density at radius 3 is 2.05 bits per heavy atom. The maximum Gasteiger partial charge on any atom is 0.159 e. The molecule has 0 atom stereocenters. The Labute approximate surface area is 123 Å². The van der Waals surface area contributed by atoms with Gasteiger partial charge in [0, 0.05) is 22.9 Å². The summed E-state index contributed by atoms with van der Waals surface area (Å²) in [5, 5.41) is 1.37. The molecular weight excluding hydrogens is 260 g/mol. The van der Waals surface area contributed by atoms with Crippen molar-refractivity contribution in [1.82, 2.24) is 9.97 Å². The van der Waals surface area contributed by atoms with Gasteiger partial charge in [-0.3, -0.25) is 0 Å². The molecule has 2 aromatic rings. The van der Waals surface area contributed by atoms with E-state index in [4.69, 9.17) is 4.98 Å². The highest BCUT2D eigenvalue weighted by atomic mass is 28.3. The molecule has 1 aromatic carbocycles. The molecule has 1 aromatic heterocycles. The summed E-state index contributed by atoms with van der Waals surface area (Å²) in [6.07, 6.45) is 2.06. The fourth-order valence-corrected chi connectivity index (χ4v) is 3.82. The third kappa shape index (κ3) is 3.15. The maximum atomic E-state index is 4.90. The van der Waals surface area contributed by atoms with Gasteiger partial charge in [-0.2, -0.15) is 0 Å². The Kier molecular flexibility index (Phi) is 3.83. The summed E-state index contributed by atoms with van der Waals surface area (Å²) < 4.78 is 0. The lowest BCUT2D eigenvalue weighted by atomic mass is 9.92. The van der Waals surface area contributed by atoms with Crippen LogP contribution in [-0.2, 0) is 5.41 Å². The van der Waals surface area contributed by atoms with Crippen molar-refractivity contribution in [1.29, 1.82) is 0 Å². The molecule has 0 saturated carbocycles. The van der Waals surface area contributed by atoms with Crippen molar-refractivity contribution < 1.29 is 0 Å². The molecule has 0 spiro atoms. The van der Waals surface area contributed by atoms with Crippen LogP contribution in [0.2, 0.25) is 19.6 Å². The van der Waals surface area contributed by atoms with Gasteiger partial charge in [0.15, 0.2) is 5.82 Å². The fraction of sp³-hybridized carbons (Fsp3) is 0.412. The molecule has 106 valence electrons. The van der Waals surface area contributed by atoms with Crippen LogP contribution in [0, 0.1) is 0 Å². The summed E-state index contributed by atoms with van der Waals surface area (Å²) in [4.78, 5) is 9.52. The first-order valence-corrected chi connectivity index (χ1v) is 10.6. The van der Waals surface area contributed by atoms with Crippen LogP contribution in [0.3, 0.4) is 0 Å². The lowest BCUT2D eigenvalue weighted by Crippen LogP contribution is -2.44. The van der Waals surface area contributed by atoms with Crippen molar-refractivity contribution >= 4 is 13.3 Å². The van der Waals surface area contributed by atoms with E-state index in [-0.39, 0.29) is 5.41 Å². The van der Waals surface area contributed by atoms with E-state index < -0.39 is 8.07 Å². The van der Waals surface area contributed by atoms with Crippen LogP contribution in [0.15, 0.2) is 36.5 Å². The average Bonchev–Trinajstić information content (AvgIpc) is 2.37. The van der Waals surface area contributed by atoms with Gasteiger partial charge in [0.25, 0.3) is 0 Å². The Morgan fingerprint density at radius 1 is 0.950 bits per heavy atom. The Bertz CT molecular complexity index is 593. The number of nitrogens with zero attached hydrogens (tertiary/aromatic N) is 2. The molecule has 0 amide bonds. The second kappa shape index (κ2) is 5.13. The van der Waals surface area contributed by atoms with Gasteiger partial charge in [0.2, 0.25) is 0 Å². The highest BCUT2D eigenvalue weighted by Gasteiger charge is 2.28. The first kappa shape index (κ1) is 14.9. The number of hydrogen-bond donors (Lipinski definition) is 0. The van der Waals surface area contributed by atoms with Gasteiger partial charge in [-0.1, -0.05) is 70.7 Å². The van der Waals surface area contributed by atoms with Crippen molar-refractivity contribution in [2.45, 2.75) is 45.8 Å². The fourth-order valence-electron chi connectivity index (χ4n) is 2.23. The summed E-state index contributed by atoms with van der Waals surface area (Å²) in [6, 6.07) is 10.2. The first-order valence-electron chi connectivity index (χ1n) is 7.13. The van der Waals surface area contributed by atoms with E-state index in [1.807, 2.05) is 18.2 Å². The average molecular weight is 284 g/mol. The third-order valence-electron chi connectivity index (χ3n) is 3.34. The van der Waals surface area contributed by atoms with Crippen LogP contribution >= 0.6 is 0 Å². The van der Waals surface area contributed by atoms with E-state index in [1.165, 1.54) is 10.9 Å². The molecule has 2 rings (SSSR count). The summed E-state index contributed by atoms with van der Waals surface area (Å²) in [5.74, 6) is 0.831. The van der Waals surface area contributed by atoms with Crippen LogP contribution in [0.5, 0.6) is 0 Å². The Balaban J connectivity index is 2.62. The van der Waals surface area contributed by atoms with Gasteiger partial charge in [-0.05, 0) is 5.19 Å². The predicted octanol–water partition coefficient (Wildman–Crippen LogP) is 3.99. The van der Waals surface area contributed by atoms with Gasteiger partial charge in [0.05, 0.1) is 8.07 Å². The zero-order valence-corrected chi connectivity index (χ0v) is 14.4. The molecule has 0 aliphatic rings. The molecule has 0 fully saturated rings. The molecular formula is C17H24N2Si. The molecule has 20 heavy (non-hydrogen) atoms. The summed E-state index contributed by atoms with van der Waals surface area (Å²) >= 11 is 0. The van der Waals surface area contributed by atoms with Crippen molar-refractivity contribution in [2.24, 2.45) is 0 Å². The topological polar surface area (TPSA) is 25.8 Å². The maximum absolute atomic E-state index is 4.90. The van der Waals surface area contributed by atoms with Gasteiger partial charge < -0.3 is 0 Å². The normalized spacial score (nSPS) is 12.5. The van der Waals surface area contributed by atoms with Crippen LogP contribution < -0.4 is 5.19 Å². The SMILES string of the molecule is CC(C)(C)c1nc(-c2ccccc2)ncc1[Si](C)(C)C. The quantitative estimate of drug-likeness (QED) is 0.779. The van der Waals surface area contributed by atoms with Crippen LogP contribution in [0.1, 0.15) is 26.5 Å². The van der Waals surface area contributed by atoms with Crippen molar-refractivity contribution in [3.63, 3.8) is 0 Å². The zero-order valence-electron chi connectivity index (χ0n) is 13.4. The Morgan fingerprint density at radius 2 is 1.55 bits per heavy atom. The zero-order chi connectivity index (χ0) is 15.0.